The standard InChI is InChI=1S/C17H23N7O/c1-11-7-13(8-11)17(25)19-14-9-23(16-4-3-12(2)20-21-16)10-15(14)24-6-5-18-22-24/h3-6,11,13-15H,7-10H2,1-2H3,(H,19,25)/t11?,13?,14-,15+/m1/s1. The van der Waals surface area contributed by atoms with E-state index in [1.807, 2.05) is 29.9 Å². The molecule has 8 heteroatoms. The van der Waals surface area contributed by atoms with Crippen molar-refractivity contribution in [2.75, 3.05) is 18.0 Å². The first-order valence-electron chi connectivity index (χ1n) is 8.81. The molecule has 25 heavy (non-hydrogen) atoms. The van der Waals surface area contributed by atoms with Crippen molar-refractivity contribution in [3.63, 3.8) is 0 Å². The number of anilines is 1. The Morgan fingerprint density at radius 1 is 1.24 bits per heavy atom. The first kappa shape index (κ1) is 16.0. The van der Waals surface area contributed by atoms with E-state index in [4.69, 9.17) is 0 Å². The molecule has 0 bridgehead atoms. The quantitative estimate of drug-likeness (QED) is 0.891. The molecule has 2 aromatic heterocycles. The number of carbonyl (C=O) groups is 1. The zero-order valence-corrected chi connectivity index (χ0v) is 14.5. The molecule has 1 N–H and O–H groups in total. The lowest BCUT2D eigenvalue weighted by atomic mass is 9.75. The van der Waals surface area contributed by atoms with Gasteiger partial charge in [0.15, 0.2) is 5.82 Å². The van der Waals surface area contributed by atoms with Crippen molar-refractivity contribution in [3.05, 3.63) is 30.2 Å². The lowest BCUT2D eigenvalue weighted by Gasteiger charge is -2.33. The molecule has 1 saturated carbocycles. The average Bonchev–Trinajstić information content (AvgIpc) is 3.22. The largest absolute Gasteiger partial charge is 0.351 e. The topological polar surface area (TPSA) is 88.8 Å². The van der Waals surface area contributed by atoms with Crippen molar-refractivity contribution >= 4 is 11.7 Å². The maximum atomic E-state index is 12.5. The van der Waals surface area contributed by atoms with Gasteiger partial charge in [-0.25, -0.2) is 4.68 Å². The fraction of sp³-hybridized carbons (Fsp3) is 0.588. The summed E-state index contributed by atoms with van der Waals surface area (Å²) in [6, 6.07) is 3.94. The fourth-order valence-corrected chi connectivity index (χ4v) is 3.76. The van der Waals surface area contributed by atoms with Gasteiger partial charge in [0.2, 0.25) is 5.91 Å². The Morgan fingerprint density at radius 2 is 2.08 bits per heavy atom. The van der Waals surface area contributed by atoms with Gasteiger partial charge < -0.3 is 10.2 Å². The summed E-state index contributed by atoms with van der Waals surface area (Å²) >= 11 is 0. The highest BCUT2D eigenvalue weighted by molar-refractivity contribution is 5.80. The number of hydrogen-bond acceptors (Lipinski definition) is 6. The number of carbonyl (C=O) groups excluding carboxylic acids is 1. The molecule has 8 nitrogen and oxygen atoms in total. The Bertz CT molecular complexity index is 724. The average molecular weight is 341 g/mol. The van der Waals surface area contributed by atoms with Gasteiger partial charge in [0.1, 0.15) is 0 Å². The SMILES string of the molecule is Cc1ccc(N2C[C@@H](NC(=O)C3CC(C)C3)[C@@H](n3ccnn3)C2)nn1. The minimum absolute atomic E-state index is 0.0202. The number of nitrogens with one attached hydrogen (secondary N) is 1. The highest BCUT2D eigenvalue weighted by Gasteiger charge is 2.39. The van der Waals surface area contributed by atoms with Crippen molar-refractivity contribution < 1.29 is 4.79 Å². The van der Waals surface area contributed by atoms with E-state index in [-0.39, 0.29) is 23.9 Å². The second-order valence-corrected chi connectivity index (χ2v) is 7.28. The van der Waals surface area contributed by atoms with Crippen LogP contribution in [0.15, 0.2) is 24.5 Å². The van der Waals surface area contributed by atoms with E-state index in [9.17, 15) is 4.79 Å². The summed E-state index contributed by atoms with van der Waals surface area (Å²) in [5.41, 5.74) is 0.889. The number of rotatable bonds is 4. The lowest BCUT2D eigenvalue weighted by molar-refractivity contribution is -0.129. The smallest absolute Gasteiger partial charge is 0.223 e. The van der Waals surface area contributed by atoms with Gasteiger partial charge in [0.25, 0.3) is 0 Å². The molecule has 2 aliphatic rings. The zero-order chi connectivity index (χ0) is 17.4. The second-order valence-electron chi connectivity index (χ2n) is 7.28. The van der Waals surface area contributed by atoms with E-state index in [2.05, 4.69) is 37.6 Å². The van der Waals surface area contributed by atoms with Crippen LogP contribution >= 0.6 is 0 Å². The molecule has 4 rings (SSSR count). The maximum absolute atomic E-state index is 12.5. The monoisotopic (exact) mass is 341 g/mol. The second kappa shape index (κ2) is 6.42. The van der Waals surface area contributed by atoms with Crippen molar-refractivity contribution in [1.29, 1.82) is 0 Å². The molecule has 2 atom stereocenters. The van der Waals surface area contributed by atoms with Crippen LogP contribution in [-0.4, -0.2) is 50.2 Å². The minimum Gasteiger partial charge on any atom is -0.351 e. The summed E-state index contributed by atoms with van der Waals surface area (Å²) in [7, 11) is 0. The summed E-state index contributed by atoms with van der Waals surface area (Å²) in [6.07, 6.45) is 5.49. The minimum atomic E-state index is -0.0202. The Kier molecular flexibility index (Phi) is 4.10. The van der Waals surface area contributed by atoms with Crippen LogP contribution in [0.2, 0.25) is 0 Å². The van der Waals surface area contributed by atoms with Crippen molar-refractivity contribution in [1.82, 2.24) is 30.5 Å². The molecule has 0 aromatic carbocycles. The molecule has 2 aromatic rings. The highest BCUT2D eigenvalue weighted by atomic mass is 16.2. The van der Waals surface area contributed by atoms with Gasteiger partial charge in [-0.2, -0.15) is 5.10 Å². The van der Waals surface area contributed by atoms with Crippen LogP contribution in [0.25, 0.3) is 0 Å². The van der Waals surface area contributed by atoms with Gasteiger partial charge in [0, 0.05) is 25.2 Å². The van der Waals surface area contributed by atoms with E-state index in [1.54, 1.807) is 6.20 Å². The molecule has 0 radical (unpaired) electrons. The van der Waals surface area contributed by atoms with Gasteiger partial charge >= 0.3 is 0 Å². The molecule has 132 valence electrons. The molecule has 1 aliphatic carbocycles. The van der Waals surface area contributed by atoms with Gasteiger partial charge in [-0.05, 0) is 37.8 Å². The lowest BCUT2D eigenvalue weighted by Crippen LogP contribution is -2.46. The predicted octanol–water partition coefficient (Wildman–Crippen LogP) is 0.969. The van der Waals surface area contributed by atoms with E-state index in [0.717, 1.165) is 24.4 Å². The van der Waals surface area contributed by atoms with Crippen molar-refractivity contribution in [2.45, 2.75) is 38.8 Å². The Labute approximate surface area is 146 Å². The van der Waals surface area contributed by atoms with E-state index >= 15 is 0 Å². The third-order valence-electron chi connectivity index (χ3n) is 5.25. The molecule has 1 aliphatic heterocycles. The molecule has 1 amide bonds. The van der Waals surface area contributed by atoms with Gasteiger partial charge in [-0.1, -0.05) is 12.1 Å². The summed E-state index contributed by atoms with van der Waals surface area (Å²) in [5.74, 6) is 1.79. The summed E-state index contributed by atoms with van der Waals surface area (Å²) < 4.78 is 1.83. The van der Waals surface area contributed by atoms with Crippen LogP contribution < -0.4 is 10.2 Å². The summed E-state index contributed by atoms with van der Waals surface area (Å²) in [4.78, 5) is 14.7. The fourth-order valence-electron chi connectivity index (χ4n) is 3.76. The van der Waals surface area contributed by atoms with E-state index < -0.39 is 0 Å². The molecular formula is C17H23N7O. The van der Waals surface area contributed by atoms with E-state index in [0.29, 0.717) is 19.0 Å². The normalized spacial score (nSPS) is 28.6. The van der Waals surface area contributed by atoms with E-state index in [1.165, 1.54) is 0 Å². The molecule has 0 spiro atoms. The van der Waals surface area contributed by atoms with Crippen LogP contribution in [0.4, 0.5) is 5.82 Å². The first-order valence-corrected chi connectivity index (χ1v) is 8.81. The Morgan fingerprint density at radius 3 is 2.72 bits per heavy atom. The van der Waals surface area contributed by atoms with Crippen LogP contribution in [0.5, 0.6) is 0 Å². The Hall–Kier alpha value is -2.51. The third-order valence-corrected chi connectivity index (χ3v) is 5.25. The number of amides is 1. The van der Waals surface area contributed by atoms with Crippen molar-refractivity contribution in [2.24, 2.45) is 11.8 Å². The van der Waals surface area contributed by atoms with Crippen molar-refractivity contribution in [3.8, 4) is 0 Å². The third kappa shape index (κ3) is 3.20. The molecule has 0 unspecified atom stereocenters. The van der Waals surface area contributed by atoms with Crippen LogP contribution in [0.1, 0.15) is 31.5 Å². The number of nitrogens with zero attached hydrogens (tertiary/aromatic N) is 6. The highest BCUT2D eigenvalue weighted by Crippen LogP contribution is 2.34. The number of aryl methyl sites for hydroxylation is 1. The van der Waals surface area contributed by atoms with Crippen LogP contribution in [0.3, 0.4) is 0 Å². The number of hydrogen-bond donors (Lipinski definition) is 1. The summed E-state index contributed by atoms with van der Waals surface area (Å²) in [5, 5.41) is 19.7. The van der Waals surface area contributed by atoms with Crippen LogP contribution in [0, 0.1) is 18.8 Å². The molecule has 2 fully saturated rings. The van der Waals surface area contributed by atoms with Gasteiger partial charge in [0.05, 0.1) is 24.0 Å². The van der Waals surface area contributed by atoms with Gasteiger partial charge in [-0.3, -0.25) is 4.79 Å². The van der Waals surface area contributed by atoms with Gasteiger partial charge in [-0.15, -0.1) is 10.2 Å². The first-order chi connectivity index (χ1) is 12.1. The summed E-state index contributed by atoms with van der Waals surface area (Å²) in [6.45, 7) is 5.51. The maximum Gasteiger partial charge on any atom is 0.223 e. The molecular weight excluding hydrogens is 318 g/mol. The number of aromatic nitrogens is 5. The molecule has 3 heterocycles. The Balaban J connectivity index is 1.50. The zero-order valence-electron chi connectivity index (χ0n) is 14.5. The molecule has 1 saturated heterocycles. The predicted molar refractivity (Wildman–Crippen MR) is 91.9 cm³/mol. The van der Waals surface area contributed by atoms with Crippen LogP contribution in [-0.2, 0) is 4.79 Å².